The minimum atomic E-state index is -0.603. The smallest absolute Gasteiger partial charge is 0.238 e. The van der Waals surface area contributed by atoms with Gasteiger partial charge in [0.2, 0.25) is 5.95 Å². The number of fused-ring (bicyclic) bond motifs is 1. The summed E-state index contributed by atoms with van der Waals surface area (Å²) in [5.74, 6) is -0.619. The molecule has 6 nitrogen and oxygen atoms in total. The minimum Gasteiger partial charge on any atom is -0.384 e. The number of rotatable bonds is 4. The number of carbonyl (C=O) groups is 1. The number of nitrogens with zero attached hydrogens (tertiary/aromatic N) is 4. The predicted molar refractivity (Wildman–Crippen MR) is 92.7 cm³/mol. The molecule has 1 aliphatic carbocycles. The summed E-state index contributed by atoms with van der Waals surface area (Å²) in [6, 6.07) is 8.89. The number of ketones is 1. The van der Waals surface area contributed by atoms with Gasteiger partial charge in [0.05, 0.1) is 12.3 Å². The number of hydrogen-bond acceptors (Lipinski definition) is 5. The second-order valence-corrected chi connectivity index (χ2v) is 6.34. The Morgan fingerprint density at radius 2 is 2.19 bits per heavy atom. The summed E-state index contributed by atoms with van der Waals surface area (Å²) in [7, 11) is 1.60. The Kier molecular flexibility index (Phi) is 4.08. The molecule has 3 aromatic rings. The number of ether oxygens (including phenoxy) is 1. The topological polar surface area (TPSA) is 69.9 Å². The molecule has 0 radical (unpaired) electrons. The molecule has 2 aromatic heterocycles. The number of halogens is 1. The Hall–Kier alpha value is -2.93. The van der Waals surface area contributed by atoms with Crippen molar-refractivity contribution in [2.75, 3.05) is 13.7 Å². The zero-order valence-corrected chi connectivity index (χ0v) is 14.4. The van der Waals surface area contributed by atoms with Gasteiger partial charge in [-0.3, -0.25) is 4.79 Å². The minimum absolute atomic E-state index is 0.117. The number of aromatic nitrogens is 4. The molecule has 0 bridgehead atoms. The average Bonchev–Trinajstić information content (AvgIpc) is 3.16. The van der Waals surface area contributed by atoms with Crippen molar-refractivity contribution in [2.45, 2.75) is 13.3 Å². The van der Waals surface area contributed by atoms with Crippen molar-refractivity contribution in [1.29, 1.82) is 0 Å². The number of Topliss-reactive ketones (excluding diaryl/α,β-unsaturated/α-hetero) is 1. The summed E-state index contributed by atoms with van der Waals surface area (Å²) < 4.78 is 20.5. The van der Waals surface area contributed by atoms with Gasteiger partial charge in [-0.2, -0.15) is 4.39 Å². The highest BCUT2D eigenvalue weighted by molar-refractivity contribution is 6.02. The van der Waals surface area contributed by atoms with Crippen molar-refractivity contribution < 1.29 is 13.9 Å². The first kappa shape index (κ1) is 16.5. The SMILES string of the molecule is COC[C@H]1Cc2cc(-c3nnn(-c4cccnc4F)c3C)ccc2C1=O. The molecular weight excluding hydrogens is 335 g/mol. The second kappa shape index (κ2) is 6.42. The summed E-state index contributed by atoms with van der Waals surface area (Å²) in [5, 5.41) is 8.29. The van der Waals surface area contributed by atoms with Gasteiger partial charge in [-0.15, -0.1) is 5.10 Å². The fourth-order valence-electron chi connectivity index (χ4n) is 3.42. The Bertz CT molecular complexity index is 999. The van der Waals surface area contributed by atoms with Gasteiger partial charge in [-0.25, -0.2) is 9.67 Å². The highest BCUT2D eigenvalue weighted by Crippen LogP contribution is 2.32. The van der Waals surface area contributed by atoms with E-state index in [1.807, 2.05) is 25.1 Å². The lowest BCUT2D eigenvalue weighted by atomic mass is 10.0. The largest absolute Gasteiger partial charge is 0.384 e. The second-order valence-electron chi connectivity index (χ2n) is 6.34. The third-order valence-corrected chi connectivity index (χ3v) is 4.71. The van der Waals surface area contributed by atoms with Crippen LogP contribution >= 0.6 is 0 Å². The molecule has 0 aliphatic heterocycles. The first-order chi connectivity index (χ1) is 12.6. The Morgan fingerprint density at radius 1 is 1.35 bits per heavy atom. The van der Waals surface area contributed by atoms with Gasteiger partial charge in [0, 0.05) is 30.4 Å². The number of methoxy groups -OCH3 is 1. The molecule has 0 saturated heterocycles. The van der Waals surface area contributed by atoms with Crippen LogP contribution in [0.3, 0.4) is 0 Å². The highest BCUT2D eigenvalue weighted by Gasteiger charge is 2.30. The number of pyridine rings is 1. The van der Waals surface area contributed by atoms with Crippen LogP contribution in [0.5, 0.6) is 0 Å². The van der Waals surface area contributed by atoms with Crippen LogP contribution in [0.25, 0.3) is 16.9 Å². The van der Waals surface area contributed by atoms with E-state index in [4.69, 9.17) is 4.74 Å². The van der Waals surface area contributed by atoms with Crippen LogP contribution in [0.1, 0.15) is 21.6 Å². The summed E-state index contributed by atoms with van der Waals surface area (Å²) in [6.07, 6.45) is 2.04. The van der Waals surface area contributed by atoms with E-state index in [1.54, 1.807) is 19.2 Å². The quantitative estimate of drug-likeness (QED) is 0.675. The van der Waals surface area contributed by atoms with Gasteiger partial charge in [-0.05, 0) is 37.1 Å². The molecule has 132 valence electrons. The van der Waals surface area contributed by atoms with Crippen molar-refractivity contribution in [3.05, 3.63) is 59.3 Å². The summed E-state index contributed by atoms with van der Waals surface area (Å²) >= 11 is 0. The van der Waals surface area contributed by atoms with Crippen LogP contribution in [0, 0.1) is 18.8 Å². The lowest BCUT2D eigenvalue weighted by Gasteiger charge is -2.05. The summed E-state index contributed by atoms with van der Waals surface area (Å²) in [5.41, 5.74) is 4.17. The van der Waals surface area contributed by atoms with Gasteiger partial charge >= 0.3 is 0 Å². The first-order valence-corrected chi connectivity index (χ1v) is 8.29. The molecule has 2 heterocycles. The van der Waals surface area contributed by atoms with E-state index < -0.39 is 5.95 Å². The van der Waals surface area contributed by atoms with E-state index in [0.717, 1.165) is 16.7 Å². The molecule has 1 aliphatic rings. The van der Waals surface area contributed by atoms with Crippen LogP contribution in [0.4, 0.5) is 4.39 Å². The molecule has 0 spiro atoms. The molecule has 0 N–H and O–H groups in total. The van der Waals surface area contributed by atoms with Gasteiger partial charge in [0.1, 0.15) is 11.4 Å². The Morgan fingerprint density at radius 3 is 2.96 bits per heavy atom. The third-order valence-electron chi connectivity index (χ3n) is 4.71. The standard InChI is InChI=1S/C19H17FN4O2/c1-11-17(22-23-24(11)16-4-3-7-21-19(16)20)12-5-6-15-13(8-12)9-14(10-26-2)18(15)25/h3-8,14H,9-10H2,1-2H3/t14-/m1/s1. The lowest BCUT2D eigenvalue weighted by molar-refractivity contribution is 0.0833. The molecule has 0 unspecified atom stereocenters. The van der Waals surface area contributed by atoms with Gasteiger partial charge in [0.15, 0.2) is 5.78 Å². The van der Waals surface area contributed by atoms with Crippen molar-refractivity contribution >= 4 is 5.78 Å². The van der Waals surface area contributed by atoms with Crippen LogP contribution < -0.4 is 0 Å². The zero-order chi connectivity index (χ0) is 18.3. The molecule has 26 heavy (non-hydrogen) atoms. The van der Waals surface area contributed by atoms with Gasteiger partial charge < -0.3 is 4.74 Å². The number of carbonyl (C=O) groups excluding carboxylic acids is 1. The van der Waals surface area contributed by atoms with Gasteiger partial charge in [-0.1, -0.05) is 17.3 Å². The fourth-order valence-corrected chi connectivity index (χ4v) is 3.42. The lowest BCUT2D eigenvalue weighted by Crippen LogP contribution is -2.14. The zero-order valence-electron chi connectivity index (χ0n) is 14.4. The van der Waals surface area contributed by atoms with Crippen molar-refractivity contribution in [3.63, 3.8) is 0 Å². The number of benzene rings is 1. The maximum Gasteiger partial charge on any atom is 0.238 e. The van der Waals surface area contributed by atoms with Crippen LogP contribution in [-0.4, -0.2) is 39.5 Å². The molecule has 1 atom stereocenters. The van der Waals surface area contributed by atoms with E-state index in [9.17, 15) is 9.18 Å². The molecule has 7 heteroatoms. The van der Waals surface area contributed by atoms with Crippen molar-refractivity contribution in [1.82, 2.24) is 20.0 Å². The Labute approximate surface area is 149 Å². The summed E-state index contributed by atoms with van der Waals surface area (Å²) in [6.45, 7) is 2.24. The van der Waals surface area contributed by atoms with Crippen LogP contribution in [-0.2, 0) is 11.2 Å². The monoisotopic (exact) mass is 352 g/mol. The third kappa shape index (κ3) is 2.61. The van der Waals surface area contributed by atoms with E-state index in [-0.39, 0.29) is 17.4 Å². The van der Waals surface area contributed by atoms with Crippen LogP contribution in [0.15, 0.2) is 36.5 Å². The van der Waals surface area contributed by atoms with E-state index >= 15 is 0 Å². The molecule has 1 aromatic carbocycles. The molecule has 0 saturated carbocycles. The first-order valence-electron chi connectivity index (χ1n) is 8.29. The average molecular weight is 352 g/mol. The maximum atomic E-state index is 14.0. The summed E-state index contributed by atoms with van der Waals surface area (Å²) in [4.78, 5) is 16.0. The molecule has 0 amide bonds. The van der Waals surface area contributed by atoms with Crippen LogP contribution in [0.2, 0.25) is 0 Å². The molecular formula is C19H17FN4O2. The van der Waals surface area contributed by atoms with Crippen molar-refractivity contribution in [2.24, 2.45) is 5.92 Å². The molecule has 0 fully saturated rings. The van der Waals surface area contributed by atoms with E-state index in [1.165, 1.54) is 10.9 Å². The maximum absolute atomic E-state index is 14.0. The van der Waals surface area contributed by atoms with E-state index in [2.05, 4.69) is 15.3 Å². The predicted octanol–water partition coefficient (Wildman–Crippen LogP) is 2.78. The highest BCUT2D eigenvalue weighted by atomic mass is 19.1. The Balaban J connectivity index is 1.72. The van der Waals surface area contributed by atoms with Crippen molar-refractivity contribution in [3.8, 4) is 16.9 Å². The van der Waals surface area contributed by atoms with E-state index in [0.29, 0.717) is 24.4 Å². The molecule has 4 rings (SSSR count). The number of hydrogen-bond donors (Lipinski definition) is 0. The van der Waals surface area contributed by atoms with Gasteiger partial charge in [0.25, 0.3) is 0 Å². The fraction of sp³-hybridized carbons (Fsp3) is 0.263. The normalized spacial score (nSPS) is 16.1.